The van der Waals surface area contributed by atoms with E-state index in [4.69, 9.17) is 4.74 Å². The molecule has 0 atom stereocenters. The normalized spacial score (nSPS) is 11.1. The highest BCUT2D eigenvalue weighted by atomic mass is 32.2. The van der Waals surface area contributed by atoms with Gasteiger partial charge in [-0.15, -0.1) is 0 Å². The van der Waals surface area contributed by atoms with E-state index in [-0.39, 0.29) is 21.7 Å². The van der Waals surface area contributed by atoms with Crippen LogP contribution >= 0.6 is 0 Å². The molecular weight excluding hydrogens is 484 g/mol. The van der Waals surface area contributed by atoms with E-state index in [1.807, 2.05) is 12.1 Å². The average Bonchev–Trinajstić information content (AvgIpc) is 2.86. The van der Waals surface area contributed by atoms with Crippen molar-refractivity contribution in [2.24, 2.45) is 0 Å². The Morgan fingerprint density at radius 2 is 1.61 bits per heavy atom. The maximum Gasteiger partial charge on any atom is 0.338 e. The average molecular weight is 511 g/mol. The molecule has 3 aromatic rings. The highest BCUT2D eigenvalue weighted by Crippen LogP contribution is 2.22. The quantitative estimate of drug-likeness (QED) is 0.164. The number of nitrogens with one attached hydrogen (secondary N) is 1. The number of hydrogen-bond acceptors (Lipinski definition) is 7. The van der Waals surface area contributed by atoms with Crippen LogP contribution in [-0.2, 0) is 21.2 Å². The molecule has 9 nitrogen and oxygen atoms in total. The van der Waals surface area contributed by atoms with Crippen LogP contribution in [0.25, 0.3) is 0 Å². The number of aryl methyl sites for hydroxylation is 2. The van der Waals surface area contributed by atoms with E-state index in [1.165, 1.54) is 42.5 Å². The molecule has 0 saturated carbocycles. The Morgan fingerprint density at radius 3 is 2.22 bits per heavy atom. The van der Waals surface area contributed by atoms with Crippen LogP contribution in [-0.4, -0.2) is 31.7 Å². The smallest absolute Gasteiger partial charge is 0.338 e. The van der Waals surface area contributed by atoms with Crippen molar-refractivity contribution >= 4 is 33.2 Å². The Morgan fingerprint density at radius 1 is 0.972 bits per heavy atom. The van der Waals surface area contributed by atoms with Gasteiger partial charge in [-0.2, -0.15) is 0 Å². The third-order valence-corrected chi connectivity index (χ3v) is 7.00. The molecule has 0 fully saturated rings. The van der Waals surface area contributed by atoms with E-state index in [0.717, 1.165) is 24.8 Å². The SMILES string of the molecule is CCCCc1ccc(NS(=O)(=O)c2cc(C(=O)OCC(=O)c3ccc([N+](=O)[O-])cc3)ccc2C)cc1. The van der Waals surface area contributed by atoms with Gasteiger partial charge in [0, 0.05) is 23.4 Å². The van der Waals surface area contributed by atoms with Crippen molar-refractivity contribution in [3.05, 3.63) is 99.1 Å². The lowest BCUT2D eigenvalue weighted by molar-refractivity contribution is -0.384. The fourth-order valence-electron chi connectivity index (χ4n) is 3.41. The Hall–Kier alpha value is -4.05. The van der Waals surface area contributed by atoms with E-state index in [9.17, 15) is 28.1 Å². The molecule has 0 unspecified atom stereocenters. The predicted octanol–water partition coefficient (Wildman–Crippen LogP) is 5.09. The first-order valence-electron chi connectivity index (χ1n) is 11.3. The number of carbonyl (C=O) groups excluding carboxylic acids is 2. The van der Waals surface area contributed by atoms with E-state index in [1.54, 1.807) is 19.1 Å². The number of unbranched alkanes of at least 4 members (excludes halogenated alkanes) is 1. The number of hydrogen-bond donors (Lipinski definition) is 1. The molecule has 1 N–H and O–H groups in total. The van der Waals surface area contributed by atoms with Crippen molar-refractivity contribution in [3.8, 4) is 0 Å². The summed E-state index contributed by atoms with van der Waals surface area (Å²) in [5.41, 5.74) is 1.89. The van der Waals surface area contributed by atoms with Crippen LogP contribution in [0.5, 0.6) is 0 Å². The molecular formula is C26H26N2O7S. The van der Waals surface area contributed by atoms with Gasteiger partial charge in [-0.3, -0.25) is 19.6 Å². The van der Waals surface area contributed by atoms with Gasteiger partial charge in [0.2, 0.25) is 0 Å². The number of sulfonamides is 1. The summed E-state index contributed by atoms with van der Waals surface area (Å²) in [6.07, 6.45) is 3.03. The highest BCUT2D eigenvalue weighted by molar-refractivity contribution is 7.92. The molecule has 0 aliphatic carbocycles. The van der Waals surface area contributed by atoms with Gasteiger partial charge >= 0.3 is 5.97 Å². The summed E-state index contributed by atoms with van der Waals surface area (Å²) < 4.78 is 33.6. The largest absolute Gasteiger partial charge is 0.454 e. The third kappa shape index (κ3) is 6.76. The molecule has 0 spiro atoms. The number of anilines is 1. The van der Waals surface area contributed by atoms with E-state index < -0.39 is 33.3 Å². The van der Waals surface area contributed by atoms with Crippen molar-refractivity contribution in [1.29, 1.82) is 0 Å². The van der Waals surface area contributed by atoms with Gasteiger partial charge in [-0.25, -0.2) is 13.2 Å². The topological polar surface area (TPSA) is 133 Å². The van der Waals surface area contributed by atoms with Gasteiger partial charge in [0.1, 0.15) is 0 Å². The standard InChI is InChI=1S/C26H26N2O7S/c1-3-4-5-19-7-12-22(13-8-19)27-36(33,34)25-16-21(9-6-18(25)2)26(30)35-17-24(29)20-10-14-23(15-11-20)28(31)32/h6-16,27H,3-5,17H2,1-2H3. The number of nitro benzene ring substituents is 1. The van der Waals surface area contributed by atoms with Gasteiger partial charge in [-0.05, 0) is 67.3 Å². The molecule has 0 amide bonds. The molecule has 0 saturated heterocycles. The fourth-order valence-corrected chi connectivity index (χ4v) is 4.74. The van der Waals surface area contributed by atoms with E-state index in [2.05, 4.69) is 11.6 Å². The minimum absolute atomic E-state index is 0.0348. The lowest BCUT2D eigenvalue weighted by Crippen LogP contribution is -2.17. The number of esters is 1. The molecule has 0 aromatic heterocycles. The predicted molar refractivity (Wildman–Crippen MR) is 135 cm³/mol. The minimum Gasteiger partial charge on any atom is -0.454 e. The maximum atomic E-state index is 13.0. The van der Waals surface area contributed by atoms with Crippen molar-refractivity contribution in [2.75, 3.05) is 11.3 Å². The van der Waals surface area contributed by atoms with Gasteiger partial charge < -0.3 is 4.74 Å². The summed E-state index contributed by atoms with van der Waals surface area (Å²) in [6.45, 7) is 3.11. The molecule has 3 rings (SSSR count). The van der Waals surface area contributed by atoms with Crippen molar-refractivity contribution in [1.82, 2.24) is 0 Å². The Kier molecular flexibility index (Phi) is 8.55. The van der Waals surface area contributed by atoms with Crippen LogP contribution in [0, 0.1) is 17.0 Å². The molecule has 0 heterocycles. The number of rotatable bonds is 11. The number of nitrogens with zero attached hydrogens (tertiary/aromatic N) is 1. The van der Waals surface area contributed by atoms with E-state index >= 15 is 0 Å². The van der Waals surface area contributed by atoms with Gasteiger partial charge in [0.05, 0.1) is 15.4 Å². The van der Waals surface area contributed by atoms with Crippen molar-refractivity contribution < 1.29 is 27.7 Å². The summed E-state index contributed by atoms with van der Waals surface area (Å²) in [6, 6.07) is 16.1. The van der Waals surface area contributed by atoms with E-state index in [0.29, 0.717) is 11.3 Å². The monoisotopic (exact) mass is 510 g/mol. The molecule has 3 aromatic carbocycles. The zero-order valence-electron chi connectivity index (χ0n) is 19.9. The van der Waals surface area contributed by atoms with Crippen molar-refractivity contribution in [3.63, 3.8) is 0 Å². The summed E-state index contributed by atoms with van der Waals surface area (Å²) in [5.74, 6) is -1.43. The van der Waals surface area contributed by atoms with Crippen LogP contribution in [0.2, 0.25) is 0 Å². The second kappa shape index (κ2) is 11.6. The third-order valence-electron chi connectivity index (χ3n) is 5.47. The molecule has 0 radical (unpaired) electrons. The minimum atomic E-state index is -3.99. The zero-order chi connectivity index (χ0) is 26.3. The molecule has 188 valence electrons. The molecule has 0 aliphatic heterocycles. The number of ether oxygens (including phenoxy) is 1. The number of carbonyl (C=O) groups is 2. The Bertz CT molecular complexity index is 1370. The number of nitro groups is 1. The molecule has 36 heavy (non-hydrogen) atoms. The first kappa shape index (κ1) is 26.6. The summed E-state index contributed by atoms with van der Waals surface area (Å²) in [4.78, 5) is 34.8. The Balaban J connectivity index is 1.69. The van der Waals surface area contributed by atoms with Crippen LogP contribution in [0.15, 0.2) is 71.6 Å². The van der Waals surface area contributed by atoms with Gasteiger partial charge in [-0.1, -0.05) is 31.5 Å². The second-order valence-electron chi connectivity index (χ2n) is 8.19. The van der Waals surface area contributed by atoms with Crippen LogP contribution in [0.4, 0.5) is 11.4 Å². The van der Waals surface area contributed by atoms with Crippen molar-refractivity contribution in [2.45, 2.75) is 38.0 Å². The molecule has 10 heteroatoms. The number of benzene rings is 3. The van der Waals surface area contributed by atoms with Crippen LogP contribution < -0.4 is 4.72 Å². The maximum absolute atomic E-state index is 13.0. The summed E-state index contributed by atoms with van der Waals surface area (Å²) in [5, 5.41) is 10.7. The highest BCUT2D eigenvalue weighted by Gasteiger charge is 2.21. The number of non-ortho nitro benzene ring substituents is 1. The fraction of sp³-hybridized carbons (Fsp3) is 0.231. The lowest BCUT2D eigenvalue weighted by Gasteiger charge is -2.12. The number of ketones is 1. The summed E-state index contributed by atoms with van der Waals surface area (Å²) >= 11 is 0. The lowest BCUT2D eigenvalue weighted by atomic mass is 10.1. The van der Waals surface area contributed by atoms with Crippen LogP contribution in [0.3, 0.4) is 0 Å². The first-order valence-corrected chi connectivity index (χ1v) is 12.8. The zero-order valence-corrected chi connectivity index (χ0v) is 20.7. The first-order chi connectivity index (χ1) is 17.1. The number of Topliss-reactive ketones (excluding diaryl/α,β-unsaturated/α-hetero) is 1. The van der Waals surface area contributed by atoms with Gasteiger partial charge in [0.15, 0.2) is 12.4 Å². The van der Waals surface area contributed by atoms with Gasteiger partial charge in [0.25, 0.3) is 15.7 Å². The van der Waals surface area contributed by atoms with Crippen LogP contribution in [0.1, 0.15) is 51.6 Å². The molecule has 0 aliphatic rings. The Labute approximate surface area is 209 Å². The second-order valence-corrected chi connectivity index (χ2v) is 9.84. The molecule has 0 bridgehead atoms. The summed E-state index contributed by atoms with van der Waals surface area (Å²) in [7, 11) is -3.99.